The van der Waals surface area contributed by atoms with Crippen molar-refractivity contribution >= 4 is 22.8 Å². The fraction of sp³-hybridized carbons (Fsp3) is 0.308. The number of nitrogens with one attached hydrogen (secondary N) is 1. The standard InChI is InChI=1S/C13H14N2O3/c1-7-14-9-5-4-8(6-10(9)15-7)11(16)13(2,3)12(17)18/h4-6H,1-3H3,(H,14,15)(H,17,18). The van der Waals surface area contributed by atoms with E-state index in [9.17, 15) is 9.59 Å². The van der Waals surface area contributed by atoms with Crippen LogP contribution < -0.4 is 0 Å². The molecule has 2 N–H and O–H groups in total. The summed E-state index contributed by atoms with van der Waals surface area (Å²) in [6, 6.07) is 4.96. The van der Waals surface area contributed by atoms with Crippen molar-refractivity contribution in [3.05, 3.63) is 29.6 Å². The molecule has 0 aliphatic rings. The molecule has 1 aromatic carbocycles. The number of hydrogen-bond donors (Lipinski definition) is 2. The van der Waals surface area contributed by atoms with Gasteiger partial charge in [0.1, 0.15) is 11.2 Å². The van der Waals surface area contributed by atoms with Gasteiger partial charge in [-0.25, -0.2) is 4.98 Å². The molecule has 0 radical (unpaired) electrons. The average molecular weight is 246 g/mol. The summed E-state index contributed by atoms with van der Waals surface area (Å²) < 4.78 is 0. The summed E-state index contributed by atoms with van der Waals surface area (Å²) in [5.74, 6) is -0.787. The number of aliphatic carboxylic acids is 1. The van der Waals surface area contributed by atoms with E-state index in [1.165, 1.54) is 13.8 Å². The van der Waals surface area contributed by atoms with Gasteiger partial charge >= 0.3 is 5.97 Å². The number of carboxylic acid groups (broad SMARTS) is 1. The van der Waals surface area contributed by atoms with Gasteiger partial charge in [0.25, 0.3) is 0 Å². The Morgan fingerprint density at radius 1 is 1.33 bits per heavy atom. The van der Waals surface area contributed by atoms with Crippen molar-refractivity contribution in [3.63, 3.8) is 0 Å². The van der Waals surface area contributed by atoms with Crippen LogP contribution in [0.5, 0.6) is 0 Å². The van der Waals surface area contributed by atoms with E-state index in [1.807, 2.05) is 6.92 Å². The van der Waals surface area contributed by atoms with Gasteiger partial charge < -0.3 is 10.1 Å². The van der Waals surface area contributed by atoms with E-state index < -0.39 is 17.2 Å². The molecule has 1 aromatic heterocycles. The van der Waals surface area contributed by atoms with E-state index in [0.717, 1.165) is 16.9 Å². The lowest BCUT2D eigenvalue weighted by molar-refractivity contribution is -0.144. The van der Waals surface area contributed by atoms with Crippen LogP contribution in [-0.4, -0.2) is 26.8 Å². The summed E-state index contributed by atoms with van der Waals surface area (Å²) in [4.78, 5) is 30.5. The number of carbonyl (C=O) groups is 2. The normalized spacial score (nSPS) is 11.7. The van der Waals surface area contributed by atoms with E-state index in [0.29, 0.717) is 5.56 Å². The molecule has 1 heterocycles. The molecule has 0 aliphatic carbocycles. The minimum absolute atomic E-state index is 0.374. The van der Waals surface area contributed by atoms with Gasteiger partial charge in [0.05, 0.1) is 11.0 Å². The first kappa shape index (κ1) is 12.3. The Bertz CT molecular complexity index is 641. The fourth-order valence-electron chi connectivity index (χ4n) is 1.74. The molecule has 5 heteroatoms. The second-order valence-electron chi connectivity index (χ2n) is 4.81. The molecule has 2 rings (SSSR count). The monoisotopic (exact) mass is 246 g/mol. The number of Topliss-reactive ketones (excluding diaryl/α,β-unsaturated/α-hetero) is 1. The molecule has 0 atom stereocenters. The van der Waals surface area contributed by atoms with Crippen molar-refractivity contribution in [2.24, 2.45) is 5.41 Å². The Kier molecular flexibility index (Phi) is 2.69. The molecule has 0 bridgehead atoms. The number of carboxylic acids is 1. The summed E-state index contributed by atoms with van der Waals surface area (Å²) in [6.45, 7) is 4.63. The minimum atomic E-state index is -1.43. The highest BCUT2D eigenvalue weighted by Crippen LogP contribution is 2.24. The van der Waals surface area contributed by atoms with Crippen LogP contribution in [0.1, 0.15) is 30.0 Å². The topological polar surface area (TPSA) is 83.1 Å². The van der Waals surface area contributed by atoms with Gasteiger partial charge in [-0.1, -0.05) is 0 Å². The number of fused-ring (bicyclic) bond motifs is 1. The third-order valence-electron chi connectivity index (χ3n) is 2.96. The Hall–Kier alpha value is -2.17. The van der Waals surface area contributed by atoms with Crippen LogP contribution in [0.25, 0.3) is 11.0 Å². The molecule has 18 heavy (non-hydrogen) atoms. The zero-order valence-corrected chi connectivity index (χ0v) is 10.4. The summed E-state index contributed by atoms with van der Waals surface area (Å²) in [6.07, 6.45) is 0. The highest BCUT2D eigenvalue weighted by atomic mass is 16.4. The van der Waals surface area contributed by atoms with Crippen molar-refractivity contribution in [3.8, 4) is 0 Å². The summed E-state index contributed by atoms with van der Waals surface area (Å²) in [5.41, 5.74) is 0.443. The van der Waals surface area contributed by atoms with Crippen molar-refractivity contribution in [2.75, 3.05) is 0 Å². The molecular weight excluding hydrogens is 232 g/mol. The second kappa shape index (κ2) is 3.94. The number of nitrogens with zero attached hydrogens (tertiary/aromatic N) is 1. The van der Waals surface area contributed by atoms with Crippen molar-refractivity contribution in [1.29, 1.82) is 0 Å². The Morgan fingerprint density at radius 2 is 2.00 bits per heavy atom. The van der Waals surface area contributed by atoms with Gasteiger partial charge in [0.2, 0.25) is 0 Å². The zero-order valence-electron chi connectivity index (χ0n) is 10.4. The van der Waals surface area contributed by atoms with Crippen LogP contribution in [0.15, 0.2) is 18.2 Å². The summed E-state index contributed by atoms with van der Waals surface area (Å²) in [5, 5.41) is 9.05. The van der Waals surface area contributed by atoms with Crippen molar-refractivity contribution in [1.82, 2.24) is 9.97 Å². The lowest BCUT2D eigenvalue weighted by Gasteiger charge is -2.17. The van der Waals surface area contributed by atoms with Crippen LogP contribution in [0.3, 0.4) is 0 Å². The Balaban J connectivity index is 2.48. The molecule has 0 saturated carbocycles. The summed E-state index contributed by atoms with van der Waals surface area (Å²) >= 11 is 0. The maximum absolute atomic E-state index is 12.1. The highest BCUT2D eigenvalue weighted by molar-refractivity contribution is 6.12. The third-order valence-corrected chi connectivity index (χ3v) is 2.96. The zero-order chi connectivity index (χ0) is 13.5. The van der Waals surface area contributed by atoms with E-state index in [-0.39, 0.29) is 0 Å². The van der Waals surface area contributed by atoms with Crippen LogP contribution in [0.2, 0.25) is 0 Å². The molecule has 2 aromatic rings. The number of hydrogen-bond acceptors (Lipinski definition) is 3. The predicted molar refractivity (Wildman–Crippen MR) is 66.6 cm³/mol. The fourth-order valence-corrected chi connectivity index (χ4v) is 1.74. The van der Waals surface area contributed by atoms with Gasteiger partial charge in [-0.05, 0) is 39.0 Å². The first-order valence-electron chi connectivity index (χ1n) is 5.57. The molecule has 0 fully saturated rings. The number of carbonyl (C=O) groups excluding carboxylic acids is 1. The van der Waals surface area contributed by atoms with Gasteiger partial charge in [-0.2, -0.15) is 0 Å². The first-order valence-corrected chi connectivity index (χ1v) is 5.57. The molecule has 0 aliphatic heterocycles. The Labute approximate surface area is 104 Å². The largest absolute Gasteiger partial charge is 0.481 e. The number of ketones is 1. The number of aromatic amines is 1. The van der Waals surface area contributed by atoms with E-state index in [1.54, 1.807) is 18.2 Å². The van der Waals surface area contributed by atoms with Gasteiger partial charge in [-0.3, -0.25) is 9.59 Å². The molecule has 94 valence electrons. The van der Waals surface area contributed by atoms with Gasteiger partial charge in [-0.15, -0.1) is 0 Å². The van der Waals surface area contributed by atoms with Crippen molar-refractivity contribution < 1.29 is 14.7 Å². The third kappa shape index (κ3) is 1.88. The molecule has 0 spiro atoms. The average Bonchev–Trinajstić information content (AvgIpc) is 2.66. The van der Waals surface area contributed by atoms with E-state index >= 15 is 0 Å². The first-order chi connectivity index (χ1) is 8.32. The smallest absolute Gasteiger partial charge is 0.316 e. The minimum Gasteiger partial charge on any atom is -0.481 e. The van der Waals surface area contributed by atoms with Crippen LogP contribution in [0, 0.1) is 12.3 Å². The number of benzene rings is 1. The number of H-pyrrole nitrogens is 1. The SMILES string of the molecule is Cc1nc2ccc(C(=O)C(C)(C)C(=O)O)cc2[nH]1. The van der Waals surface area contributed by atoms with Crippen LogP contribution in [-0.2, 0) is 4.79 Å². The van der Waals surface area contributed by atoms with E-state index in [4.69, 9.17) is 5.11 Å². The maximum Gasteiger partial charge on any atom is 0.316 e. The van der Waals surface area contributed by atoms with Gasteiger partial charge in [0, 0.05) is 5.56 Å². The molecule has 0 saturated heterocycles. The number of rotatable bonds is 3. The molecule has 0 amide bonds. The molecule has 0 unspecified atom stereocenters. The second-order valence-corrected chi connectivity index (χ2v) is 4.81. The quantitative estimate of drug-likeness (QED) is 0.642. The van der Waals surface area contributed by atoms with Crippen LogP contribution >= 0.6 is 0 Å². The highest BCUT2D eigenvalue weighted by Gasteiger charge is 2.36. The number of aryl methyl sites for hydroxylation is 1. The number of aromatic nitrogens is 2. The lowest BCUT2D eigenvalue weighted by atomic mass is 9.84. The van der Waals surface area contributed by atoms with Gasteiger partial charge in [0.15, 0.2) is 5.78 Å². The summed E-state index contributed by atoms with van der Waals surface area (Å²) in [7, 11) is 0. The Morgan fingerprint density at radius 3 is 2.61 bits per heavy atom. The van der Waals surface area contributed by atoms with Crippen LogP contribution in [0.4, 0.5) is 0 Å². The molecular formula is C13H14N2O3. The molecule has 5 nitrogen and oxygen atoms in total. The lowest BCUT2D eigenvalue weighted by Crippen LogP contribution is -2.33. The number of imidazole rings is 1. The van der Waals surface area contributed by atoms with E-state index in [2.05, 4.69) is 9.97 Å². The van der Waals surface area contributed by atoms with Crippen molar-refractivity contribution in [2.45, 2.75) is 20.8 Å². The maximum atomic E-state index is 12.1. The predicted octanol–water partition coefficient (Wildman–Crippen LogP) is 2.16.